The molecule has 0 aliphatic rings. The Labute approximate surface area is 248 Å². The molecular formula is C36H44O4S. The molecule has 0 saturated heterocycles. The topological polar surface area (TPSA) is 52.6 Å². The second kappa shape index (κ2) is 16.4. The third kappa shape index (κ3) is 8.58. The predicted molar refractivity (Wildman–Crippen MR) is 174 cm³/mol. The second-order valence-electron chi connectivity index (χ2n) is 9.29. The molecule has 0 aromatic heterocycles. The van der Waals surface area contributed by atoms with Crippen molar-refractivity contribution in [3.8, 4) is 11.5 Å². The first-order valence-electron chi connectivity index (χ1n) is 14.4. The Bertz CT molecular complexity index is 1220. The van der Waals surface area contributed by atoms with Gasteiger partial charge in [0.05, 0.1) is 10.5 Å². The lowest BCUT2D eigenvalue weighted by Gasteiger charge is -2.49. The van der Waals surface area contributed by atoms with E-state index in [1.807, 2.05) is 113 Å². The number of carbonyl (C=O) groups is 2. The maximum absolute atomic E-state index is 12.8. The van der Waals surface area contributed by atoms with Crippen LogP contribution in [0.2, 0.25) is 0 Å². The van der Waals surface area contributed by atoms with E-state index in [1.165, 1.54) is 0 Å². The fourth-order valence-corrected chi connectivity index (χ4v) is 6.80. The summed E-state index contributed by atoms with van der Waals surface area (Å²) in [5, 5.41) is 0.174. The maximum Gasteiger partial charge on any atom is 0.193 e. The zero-order valence-electron chi connectivity index (χ0n) is 25.6. The van der Waals surface area contributed by atoms with Gasteiger partial charge in [-0.05, 0) is 76.2 Å². The summed E-state index contributed by atoms with van der Waals surface area (Å²) in [7, 11) is -2.08. The van der Waals surface area contributed by atoms with Gasteiger partial charge in [-0.3, -0.25) is 9.59 Å². The van der Waals surface area contributed by atoms with E-state index in [2.05, 4.69) is 27.7 Å². The monoisotopic (exact) mass is 572 g/mol. The van der Waals surface area contributed by atoms with Crippen LogP contribution < -0.4 is 8.37 Å². The van der Waals surface area contributed by atoms with Crippen molar-refractivity contribution >= 4 is 22.2 Å². The van der Waals surface area contributed by atoms with Gasteiger partial charge >= 0.3 is 0 Å². The van der Waals surface area contributed by atoms with Crippen molar-refractivity contribution < 1.29 is 18.0 Å². The lowest BCUT2D eigenvalue weighted by atomic mass is 10.0. The molecule has 5 heteroatoms. The van der Waals surface area contributed by atoms with Crippen molar-refractivity contribution in [1.82, 2.24) is 0 Å². The summed E-state index contributed by atoms with van der Waals surface area (Å²) in [5.74, 6) is 1.25. The molecule has 0 aliphatic heterocycles. The lowest BCUT2D eigenvalue weighted by Crippen LogP contribution is -2.30. The molecule has 4 aromatic carbocycles. The summed E-state index contributed by atoms with van der Waals surface area (Å²) in [6.45, 7) is 16.4. The van der Waals surface area contributed by atoms with Gasteiger partial charge in [0.25, 0.3) is 0 Å². The molecule has 0 saturated carbocycles. The van der Waals surface area contributed by atoms with E-state index >= 15 is 0 Å². The number of hydrogen-bond donors (Lipinski definition) is 0. The Balaban J connectivity index is 0.00000141. The smallest absolute Gasteiger partial charge is 0.193 e. The second-order valence-corrected chi connectivity index (χ2v) is 12.7. The molecule has 0 fully saturated rings. The molecule has 0 spiro atoms. The third-order valence-electron chi connectivity index (χ3n) is 6.07. The largest absolute Gasteiger partial charge is 0.383 e. The Hall–Kier alpha value is -3.83. The highest BCUT2D eigenvalue weighted by Crippen LogP contribution is 2.57. The van der Waals surface area contributed by atoms with E-state index in [4.69, 9.17) is 8.37 Å². The number of benzene rings is 4. The minimum Gasteiger partial charge on any atom is -0.383 e. The molecule has 0 N–H and O–H groups in total. The van der Waals surface area contributed by atoms with Crippen molar-refractivity contribution in [2.75, 3.05) is 0 Å². The first-order chi connectivity index (χ1) is 19.8. The van der Waals surface area contributed by atoms with Crippen molar-refractivity contribution in [2.24, 2.45) is 0 Å². The van der Waals surface area contributed by atoms with E-state index < -0.39 is 10.6 Å². The number of ketones is 2. The van der Waals surface area contributed by atoms with E-state index in [9.17, 15) is 9.59 Å². The molecule has 4 rings (SSSR count). The summed E-state index contributed by atoms with van der Waals surface area (Å²) in [6, 6.07) is 32.9. The van der Waals surface area contributed by atoms with Gasteiger partial charge < -0.3 is 8.37 Å². The van der Waals surface area contributed by atoms with Crippen LogP contribution in [0.15, 0.2) is 109 Å². The molecule has 0 amide bonds. The van der Waals surface area contributed by atoms with E-state index in [0.29, 0.717) is 33.8 Å². The summed E-state index contributed by atoms with van der Waals surface area (Å²) in [5.41, 5.74) is 2.51. The molecule has 0 heterocycles. The summed E-state index contributed by atoms with van der Waals surface area (Å²) < 4.78 is 13.2. The van der Waals surface area contributed by atoms with Crippen molar-refractivity contribution in [3.63, 3.8) is 0 Å². The van der Waals surface area contributed by atoms with E-state index in [1.54, 1.807) is 24.3 Å². The molecule has 0 atom stereocenters. The average molecular weight is 573 g/mol. The molecule has 0 bridgehead atoms. The minimum absolute atomic E-state index is 0.0279. The standard InChI is InChI=1S/C32H32O4S.2C2H6/c1-23(2)37(24(3)4,35-29-19-15-27(16-20-29)31(33)25-11-7-5-8-12-25)36-30-21-17-28(18-22-30)32(34)26-13-9-6-10-14-26;2*1-2/h5-24H,1-4H3;2*1-2H3. The Morgan fingerprint density at radius 3 is 1.00 bits per heavy atom. The van der Waals surface area contributed by atoms with E-state index in [0.717, 1.165) is 0 Å². The minimum atomic E-state index is -2.08. The summed E-state index contributed by atoms with van der Waals surface area (Å²) >= 11 is 0. The fraction of sp³-hybridized carbons (Fsp3) is 0.278. The number of carbonyl (C=O) groups excluding carboxylic acids is 2. The number of rotatable bonds is 10. The van der Waals surface area contributed by atoms with Crippen LogP contribution in [0, 0.1) is 0 Å². The van der Waals surface area contributed by atoms with Crippen molar-refractivity contribution in [3.05, 3.63) is 131 Å². The van der Waals surface area contributed by atoms with Gasteiger partial charge in [0.15, 0.2) is 23.1 Å². The Morgan fingerprint density at radius 2 is 0.732 bits per heavy atom. The molecule has 0 unspecified atom stereocenters. The van der Waals surface area contributed by atoms with Gasteiger partial charge in [0.1, 0.15) is 0 Å². The van der Waals surface area contributed by atoms with Gasteiger partial charge in [-0.2, -0.15) is 0 Å². The molecule has 0 radical (unpaired) electrons. The highest BCUT2D eigenvalue weighted by molar-refractivity contribution is 8.27. The van der Waals surface area contributed by atoms with E-state index in [-0.39, 0.29) is 22.1 Å². The van der Waals surface area contributed by atoms with Crippen molar-refractivity contribution in [2.45, 2.75) is 65.9 Å². The van der Waals surface area contributed by atoms with Crippen molar-refractivity contribution in [1.29, 1.82) is 0 Å². The molecule has 0 aliphatic carbocycles. The van der Waals surface area contributed by atoms with Gasteiger partial charge in [-0.15, -0.1) is 10.6 Å². The third-order valence-corrected chi connectivity index (χ3v) is 9.61. The summed E-state index contributed by atoms with van der Waals surface area (Å²) in [4.78, 5) is 25.6. The van der Waals surface area contributed by atoms with Crippen LogP contribution in [0.1, 0.15) is 87.2 Å². The van der Waals surface area contributed by atoms with Crippen LogP contribution in [0.25, 0.3) is 0 Å². The summed E-state index contributed by atoms with van der Waals surface area (Å²) in [6.07, 6.45) is 0. The molecule has 218 valence electrons. The zero-order chi connectivity index (χ0) is 30.4. The van der Waals surface area contributed by atoms with Crippen LogP contribution in [0.3, 0.4) is 0 Å². The van der Waals surface area contributed by atoms with Crippen LogP contribution >= 0.6 is 10.6 Å². The molecule has 4 nitrogen and oxygen atoms in total. The first kappa shape index (κ1) is 33.4. The number of hydrogen-bond acceptors (Lipinski definition) is 4. The van der Waals surface area contributed by atoms with Gasteiger partial charge in [0, 0.05) is 22.3 Å². The Morgan fingerprint density at radius 1 is 0.463 bits per heavy atom. The van der Waals surface area contributed by atoms with Crippen LogP contribution in [-0.4, -0.2) is 22.1 Å². The Kier molecular flexibility index (Phi) is 13.4. The zero-order valence-corrected chi connectivity index (χ0v) is 26.4. The SMILES string of the molecule is CC.CC.CC(C)S(Oc1ccc(C(=O)c2ccccc2)cc1)(Oc1ccc(C(=O)c2ccccc2)cc1)C(C)C. The normalized spacial score (nSPS) is 11.0. The van der Waals surface area contributed by atoms with Crippen LogP contribution in [0.5, 0.6) is 11.5 Å². The maximum atomic E-state index is 12.8. The predicted octanol–water partition coefficient (Wildman–Crippen LogP) is 10.1. The fourth-order valence-electron chi connectivity index (χ4n) is 4.08. The molecule has 4 aromatic rings. The highest BCUT2D eigenvalue weighted by atomic mass is 32.3. The molecular weight excluding hydrogens is 528 g/mol. The van der Waals surface area contributed by atoms with Gasteiger partial charge in [-0.1, -0.05) is 88.4 Å². The van der Waals surface area contributed by atoms with Gasteiger partial charge in [0.2, 0.25) is 0 Å². The first-order valence-corrected chi connectivity index (χ1v) is 16.0. The molecule has 41 heavy (non-hydrogen) atoms. The van der Waals surface area contributed by atoms with Crippen LogP contribution in [-0.2, 0) is 0 Å². The lowest BCUT2D eigenvalue weighted by molar-refractivity contribution is 0.103. The quantitative estimate of drug-likeness (QED) is 0.177. The average Bonchev–Trinajstić information content (AvgIpc) is 3.03. The van der Waals surface area contributed by atoms with Crippen LogP contribution in [0.4, 0.5) is 0 Å². The highest BCUT2D eigenvalue weighted by Gasteiger charge is 2.32. The van der Waals surface area contributed by atoms with Gasteiger partial charge in [-0.25, -0.2) is 0 Å².